The van der Waals surface area contributed by atoms with Crippen LogP contribution in [-0.4, -0.2) is 30.4 Å². The van der Waals surface area contributed by atoms with Crippen molar-refractivity contribution in [2.75, 3.05) is 13.2 Å². The number of ether oxygens (including phenoxy) is 2. The lowest BCUT2D eigenvalue weighted by atomic mass is 10.2. The molecule has 126 valence electrons. The Morgan fingerprint density at radius 2 is 2.08 bits per heavy atom. The predicted molar refractivity (Wildman–Crippen MR) is 94.6 cm³/mol. The molecule has 2 rings (SSSR count). The van der Waals surface area contributed by atoms with Gasteiger partial charge in [0.15, 0.2) is 18.1 Å². The third kappa shape index (κ3) is 5.27. The standard InChI is InChI=1S/C17H17BrN2O4/c1-2-23-15-8-3-5-12(17(15)22)10-19-20-16(21)11-24-14-7-4-6-13(18)9-14/h3-10,22H,2,11H2,1H3,(H,20,21)/b19-10+. The molecule has 24 heavy (non-hydrogen) atoms. The number of carbonyl (C=O) groups excluding carboxylic acids is 1. The van der Waals surface area contributed by atoms with Crippen LogP contribution in [0.5, 0.6) is 17.2 Å². The summed E-state index contributed by atoms with van der Waals surface area (Å²) >= 11 is 3.32. The zero-order valence-electron chi connectivity index (χ0n) is 13.0. The monoisotopic (exact) mass is 392 g/mol. The SMILES string of the molecule is CCOc1cccc(/C=N/NC(=O)COc2cccc(Br)c2)c1O. The topological polar surface area (TPSA) is 80.2 Å². The molecule has 0 aromatic heterocycles. The maximum absolute atomic E-state index is 11.7. The van der Waals surface area contributed by atoms with E-state index in [4.69, 9.17) is 9.47 Å². The highest BCUT2D eigenvalue weighted by Gasteiger charge is 2.06. The third-order valence-corrected chi connectivity index (χ3v) is 3.38. The van der Waals surface area contributed by atoms with E-state index in [9.17, 15) is 9.90 Å². The van der Waals surface area contributed by atoms with E-state index in [1.807, 2.05) is 19.1 Å². The molecule has 0 unspecified atom stereocenters. The van der Waals surface area contributed by atoms with Crippen LogP contribution in [0.4, 0.5) is 0 Å². The number of phenolic OH excluding ortho intramolecular Hbond substituents is 1. The minimum absolute atomic E-state index is 0.0252. The Bertz CT molecular complexity index is 734. The van der Waals surface area contributed by atoms with E-state index in [2.05, 4.69) is 26.5 Å². The van der Waals surface area contributed by atoms with Gasteiger partial charge in [-0.1, -0.05) is 28.1 Å². The molecule has 0 aliphatic rings. The number of rotatable bonds is 7. The average Bonchev–Trinajstić information content (AvgIpc) is 2.56. The molecule has 0 fully saturated rings. The summed E-state index contributed by atoms with van der Waals surface area (Å²) in [6, 6.07) is 12.2. The van der Waals surface area contributed by atoms with Crippen molar-refractivity contribution in [3.63, 3.8) is 0 Å². The van der Waals surface area contributed by atoms with Crippen molar-refractivity contribution in [1.29, 1.82) is 0 Å². The minimum Gasteiger partial charge on any atom is -0.504 e. The Morgan fingerprint density at radius 1 is 1.29 bits per heavy atom. The van der Waals surface area contributed by atoms with Crippen LogP contribution in [-0.2, 0) is 4.79 Å². The number of para-hydroxylation sites is 1. The van der Waals surface area contributed by atoms with Gasteiger partial charge in [-0.25, -0.2) is 5.43 Å². The molecule has 0 radical (unpaired) electrons. The van der Waals surface area contributed by atoms with E-state index < -0.39 is 5.91 Å². The lowest BCUT2D eigenvalue weighted by molar-refractivity contribution is -0.123. The van der Waals surface area contributed by atoms with E-state index in [-0.39, 0.29) is 12.4 Å². The number of halogens is 1. The fourth-order valence-electron chi connectivity index (χ4n) is 1.83. The minimum atomic E-state index is -0.410. The number of aromatic hydroxyl groups is 1. The average molecular weight is 393 g/mol. The van der Waals surface area contributed by atoms with Crippen molar-refractivity contribution < 1.29 is 19.4 Å². The smallest absolute Gasteiger partial charge is 0.277 e. The molecule has 0 saturated heterocycles. The fourth-order valence-corrected chi connectivity index (χ4v) is 2.21. The fraction of sp³-hybridized carbons (Fsp3) is 0.176. The van der Waals surface area contributed by atoms with Crippen molar-refractivity contribution in [2.45, 2.75) is 6.92 Å². The molecular weight excluding hydrogens is 376 g/mol. The van der Waals surface area contributed by atoms with Crippen molar-refractivity contribution in [3.05, 3.63) is 52.5 Å². The van der Waals surface area contributed by atoms with Gasteiger partial charge in [-0.3, -0.25) is 4.79 Å². The van der Waals surface area contributed by atoms with Crippen LogP contribution in [0.2, 0.25) is 0 Å². The lowest BCUT2D eigenvalue weighted by Gasteiger charge is -2.07. The van der Waals surface area contributed by atoms with E-state index in [1.54, 1.807) is 30.3 Å². The maximum atomic E-state index is 11.7. The molecule has 2 aromatic carbocycles. The van der Waals surface area contributed by atoms with Crippen LogP contribution >= 0.6 is 15.9 Å². The molecule has 7 heteroatoms. The first kappa shape index (κ1) is 17.8. The summed E-state index contributed by atoms with van der Waals surface area (Å²) < 4.78 is 11.5. The molecule has 0 spiro atoms. The molecule has 0 saturated carbocycles. The second-order valence-electron chi connectivity index (χ2n) is 4.67. The molecule has 0 atom stereocenters. The highest BCUT2D eigenvalue weighted by atomic mass is 79.9. The number of carbonyl (C=O) groups is 1. The molecular formula is C17H17BrN2O4. The summed E-state index contributed by atoms with van der Waals surface area (Å²) in [5.74, 6) is 0.505. The Balaban J connectivity index is 1.87. The van der Waals surface area contributed by atoms with Crippen molar-refractivity contribution in [1.82, 2.24) is 5.43 Å². The summed E-state index contributed by atoms with van der Waals surface area (Å²) in [7, 11) is 0. The predicted octanol–water partition coefficient (Wildman–Crippen LogP) is 3.08. The van der Waals surface area contributed by atoms with Gasteiger partial charge in [-0.15, -0.1) is 0 Å². The van der Waals surface area contributed by atoms with Crippen LogP contribution in [0.25, 0.3) is 0 Å². The second kappa shape index (κ2) is 8.93. The van der Waals surface area contributed by atoms with Gasteiger partial charge in [0.05, 0.1) is 12.8 Å². The van der Waals surface area contributed by atoms with Gasteiger partial charge in [0.1, 0.15) is 5.75 Å². The summed E-state index contributed by atoms with van der Waals surface area (Å²) in [5, 5.41) is 13.8. The molecule has 0 aliphatic carbocycles. The van der Waals surface area contributed by atoms with Gasteiger partial charge in [0.25, 0.3) is 5.91 Å². The first-order valence-corrected chi connectivity index (χ1v) is 8.04. The maximum Gasteiger partial charge on any atom is 0.277 e. The zero-order valence-corrected chi connectivity index (χ0v) is 14.6. The van der Waals surface area contributed by atoms with Crippen LogP contribution in [0.3, 0.4) is 0 Å². The van der Waals surface area contributed by atoms with Crippen LogP contribution < -0.4 is 14.9 Å². The van der Waals surface area contributed by atoms with Crippen molar-refractivity contribution in [2.24, 2.45) is 5.10 Å². The number of hydrogen-bond donors (Lipinski definition) is 2. The third-order valence-electron chi connectivity index (χ3n) is 2.89. The molecule has 0 bridgehead atoms. The number of benzene rings is 2. The molecule has 2 N–H and O–H groups in total. The summed E-state index contributed by atoms with van der Waals surface area (Å²) in [6.45, 7) is 2.10. The lowest BCUT2D eigenvalue weighted by Crippen LogP contribution is -2.24. The van der Waals surface area contributed by atoms with Crippen LogP contribution in [0.1, 0.15) is 12.5 Å². The van der Waals surface area contributed by atoms with E-state index in [0.29, 0.717) is 23.7 Å². The number of hydrazone groups is 1. The van der Waals surface area contributed by atoms with Crippen molar-refractivity contribution in [3.8, 4) is 17.2 Å². The number of phenols is 1. The quantitative estimate of drug-likeness (QED) is 0.560. The number of hydrogen-bond acceptors (Lipinski definition) is 5. The number of nitrogens with one attached hydrogen (secondary N) is 1. The number of amides is 1. The Kier molecular flexibility index (Phi) is 6.62. The van der Waals surface area contributed by atoms with E-state index in [0.717, 1.165) is 4.47 Å². The molecule has 1 amide bonds. The summed E-state index contributed by atoms with van der Waals surface area (Å²) in [6.07, 6.45) is 1.34. The van der Waals surface area contributed by atoms with Gasteiger partial charge in [-0.05, 0) is 37.3 Å². The zero-order chi connectivity index (χ0) is 17.4. The largest absolute Gasteiger partial charge is 0.504 e. The highest BCUT2D eigenvalue weighted by molar-refractivity contribution is 9.10. The summed E-state index contributed by atoms with van der Waals surface area (Å²) in [5.41, 5.74) is 2.78. The van der Waals surface area contributed by atoms with E-state index >= 15 is 0 Å². The second-order valence-corrected chi connectivity index (χ2v) is 5.58. The molecule has 2 aromatic rings. The van der Waals surface area contributed by atoms with Gasteiger partial charge < -0.3 is 14.6 Å². The molecule has 0 aliphatic heterocycles. The van der Waals surface area contributed by atoms with Crippen LogP contribution in [0.15, 0.2) is 52.0 Å². The molecule has 6 nitrogen and oxygen atoms in total. The normalized spacial score (nSPS) is 10.6. The first-order valence-electron chi connectivity index (χ1n) is 7.25. The molecule has 0 heterocycles. The Hall–Kier alpha value is -2.54. The number of nitrogens with zero attached hydrogens (tertiary/aromatic N) is 1. The summed E-state index contributed by atoms with van der Waals surface area (Å²) in [4.78, 5) is 11.7. The Morgan fingerprint density at radius 3 is 2.83 bits per heavy atom. The van der Waals surface area contributed by atoms with Crippen molar-refractivity contribution >= 4 is 28.1 Å². The van der Waals surface area contributed by atoms with Gasteiger partial charge in [0.2, 0.25) is 0 Å². The highest BCUT2D eigenvalue weighted by Crippen LogP contribution is 2.28. The van der Waals surface area contributed by atoms with Gasteiger partial charge in [-0.2, -0.15) is 5.10 Å². The van der Waals surface area contributed by atoms with Gasteiger partial charge >= 0.3 is 0 Å². The van der Waals surface area contributed by atoms with E-state index in [1.165, 1.54) is 6.21 Å². The van der Waals surface area contributed by atoms with Gasteiger partial charge in [0, 0.05) is 10.0 Å². The Labute approximate surface area is 148 Å². The van der Waals surface area contributed by atoms with Crippen LogP contribution in [0, 0.1) is 0 Å². The first-order chi connectivity index (χ1) is 11.6.